The maximum atomic E-state index is 11.9. The van der Waals surface area contributed by atoms with E-state index >= 15 is 0 Å². The Morgan fingerprint density at radius 2 is 1.96 bits per heavy atom. The highest BCUT2D eigenvalue weighted by molar-refractivity contribution is 5.92. The summed E-state index contributed by atoms with van der Waals surface area (Å²) in [6.45, 7) is 2.28. The molecule has 0 saturated carbocycles. The molecule has 2 aromatic rings. The number of nitrogens with one attached hydrogen (secondary N) is 2. The van der Waals surface area contributed by atoms with Gasteiger partial charge in [-0.1, -0.05) is 18.2 Å². The van der Waals surface area contributed by atoms with Crippen molar-refractivity contribution in [1.82, 2.24) is 0 Å². The van der Waals surface area contributed by atoms with Gasteiger partial charge in [0.2, 0.25) is 5.91 Å². The van der Waals surface area contributed by atoms with Crippen molar-refractivity contribution < 1.29 is 14.8 Å². The summed E-state index contributed by atoms with van der Waals surface area (Å²) in [4.78, 5) is 22.3. The first kappa shape index (κ1) is 17.3. The molecule has 24 heavy (non-hydrogen) atoms. The second-order valence-corrected chi connectivity index (χ2v) is 5.37. The fourth-order valence-electron chi connectivity index (χ4n) is 2.21. The van der Waals surface area contributed by atoms with Crippen LogP contribution in [-0.4, -0.2) is 22.5 Å². The summed E-state index contributed by atoms with van der Waals surface area (Å²) >= 11 is 0. The van der Waals surface area contributed by atoms with Crippen molar-refractivity contribution in [2.24, 2.45) is 0 Å². The number of anilines is 2. The minimum Gasteiger partial charge on any atom is -0.506 e. The van der Waals surface area contributed by atoms with Gasteiger partial charge in [0, 0.05) is 19.0 Å². The zero-order valence-electron chi connectivity index (χ0n) is 13.3. The summed E-state index contributed by atoms with van der Waals surface area (Å²) in [5.41, 5.74) is 1.71. The van der Waals surface area contributed by atoms with Gasteiger partial charge in [-0.2, -0.15) is 0 Å². The van der Waals surface area contributed by atoms with Crippen LogP contribution >= 0.6 is 0 Å². The lowest BCUT2D eigenvalue weighted by atomic mass is 10.2. The van der Waals surface area contributed by atoms with Gasteiger partial charge in [-0.05, 0) is 37.1 Å². The minimum absolute atomic E-state index is 0.00605. The summed E-state index contributed by atoms with van der Waals surface area (Å²) in [7, 11) is 0. The second-order valence-electron chi connectivity index (χ2n) is 5.37. The van der Waals surface area contributed by atoms with Gasteiger partial charge in [0.25, 0.3) is 5.69 Å². The first-order valence-corrected chi connectivity index (χ1v) is 7.54. The Morgan fingerprint density at radius 1 is 1.21 bits per heavy atom. The number of rotatable bonds is 7. The van der Waals surface area contributed by atoms with Crippen LogP contribution in [0.1, 0.15) is 18.4 Å². The Morgan fingerprint density at radius 3 is 2.67 bits per heavy atom. The van der Waals surface area contributed by atoms with Crippen LogP contribution < -0.4 is 10.6 Å². The number of hydrogen-bond donors (Lipinski definition) is 3. The number of nitro benzene ring substituents is 1. The summed E-state index contributed by atoms with van der Waals surface area (Å²) in [5.74, 6) is -0.195. The van der Waals surface area contributed by atoms with E-state index in [2.05, 4.69) is 10.6 Å². The third kappa shape index (κ3) is 4.70. The van der Waals surface area contributed by atoms with Crippen molar-refractivity contribution in [3.05, 3.63) is 58.1 Å². The molecular weight excluding hydrogens is 310 g/mol. The molecule has 7 heteroatoms. The molecule has 0 fully saturated rings. The van der Waals surface area contributed by atoms with Gasteiger partial charge >= 0.3 is 0 Å². The maximum absolute atomic E-state index is 11.9. The third-order valence-corrected chi connectivity index (χ3v) is 3.42. The van der Waals surface area contributed by atoms with Gasteiger partial charge in [-0.15, -0.1) is 0 Å². The Kier molecular flexibility index (Phi) is 5.73. The number of phenols is 1. The highest BCUT2D eigenvalue weighted by Crippen LogP contribution is 2.24. The standard InChI is InChI=1S/C17H19N3O4/c1-12-8-9-14(16(21)11-12)19-17(22)7-4-10-18-13-5-2-3-6-15(13)20(23)24/h2-3,5-6,8-9,11,18,21H,4,7,10H2,1H3,(H,19,22). The number of phenolic OH excluding ortho intramolecular Hbond substituents is 1. The van der Waals surface area contributed by atoms with Crippen LogP contribution in [0.15, 0.2) is 42.5 Å². The fraction of sp³-hybridized carbons (Fsp3) is 0.235. The molecule has 0 aromatic heterocycles. The molecular formula is C17H19N3O4. The average molecular weight is 329 g/mol. The number of aryl methyl sites for hydroxylation is 1. The zero-order chi connectivity index (χ0) is 17.5. The number of nitrogens with zero attached hydrogens (tertiary/aromatic N) is 1. The number of para-hydroxylation sites is 2. The molecule has 1 amide bonds. The summed E-state index contributed by atoms with van der Waals surface area (Å²) in [5, 5.41) is 26.3. The molecule has 0 heterocycles. The van der Waals surface area contributed by atoms with E-state index in [1.54, 1.807) is 36.4 Å². The lowest BCUT2D eigenvalue weighted by Gasteiger charge is -2.09. The molecule has 0 atom stereocenters. The van der Waals surface area contributed by atoms with Crippen molar-refractivity contribution in [2.45, 2.75) is 19.8 Å². The van der Waals surface area contributed by atoms with E-state index in [0.717, 1.165) is 5.56 Å². The summed E-state index contributed by atoms with van der Waals surface area (Å²) < 4.78 is 0. The quantitative estimate of drug-likeness (QED) is 0.312. The molecule has 0 bridgehead atoms. The number of nitro groups is 1. The molecule has 0 unspecified atom stereocenters. The molecule has 0 aliphatic heterocycles. The van der Waals surface area contributed by atoms with E-state index in [1.165, 1.54) is 6.07 Å². The van der Waals surface area contributed by atoms with Crippen LogP contribution in [-0.2, 0) is 4.79 Å². The number of carbonyl (C=O) groups excluding carboxylic acids is 1. The first-order valence-electron chi connectivity index (χ1n) is 7.54. The van der Waals surface area contributed by atoms with Crippen molar-refractivity contribution in [3.63, 3.8) is 0 Å². The predicted octanol–water partition coefficient (Wildman–Crippen LogP) is 3.44. The Labute approximate surface area is 139 Å². The van der Waals surface area contributed by atoms with Gasteiger partial charge in [0.05, 0.1) is 10.6 Å². The number of benzene rings is 2. The smallest absolute Gasteiger partial charge is 0.292 e. The van der Waals surface area contributed by atoms with Gasteiger partial charge in [-0.25, -0.2) is 0 Å². The van der Waals surface area contributed by atoms with Crippen LogP contribution in [0, 0.1) is 17.0 Å². The SMILES string of the molecule is Cc1ccc(NC(=O)CCCNc2ccccc2[N+](=O)[O-])c(O)c1. The van der Waals surface area contributed by atoms with Crippen molar-refractivity contribution in [2.75, 3.05) is 17.2 Å². The average Bonchev–Trinajstić information content (AvgIpc) is 2.54. The van der Waals surface area contributed by atoms with Gasteiger partial charge in [-0.3, -0.25) is 14.9 Å². The van der Waals surface area contributed by atoms with Crippen LogP contribution in [0.25, 0.3) is 0 Å². The van der Waals surface area contributed by atoms with Gasteiger partial charge in [0.1, 0.15) is 11.4 Å². The largest absolute Gasteiger partial charge is 0.506 e. The maximum Gasteiger partial charge on any atom is 0.292 e. The fourth-order valence-corrected chi connectivity index (χ4v) is 2.21. The van der Waals surface area contributed by atoms with E-state index < -0.39 is 4.92 Å². The molecule has 0 spiro atoms. The summed E-state index contributed by atoms with van der Waals surface area (Å²) in [6.07, 6.45) is 0.742. The molecule has 0 aliphatic rings. The van der Waals surface area contributed by atoms with E-state index in [4.69, 9.17) is 0 Å². The molecule has 126 valence electrons. The van der Waals surface area contributed by atoms with Crippen LogP contribution in [0.3, 0.4) is 0 Å². The number of amides is 1. The Balaban J connectivity index is 1.80. The topological polar surface area (TPSA) is 104 Å². The monoisotopic (exact) mass is 329 g/mol. The molecule has 3 N–H and O–H groups in total. The second kappa shape index (κ2) is 7.96. The highest BCUT2D eigenvalue weighted by Gasteiger charge is 2.12. The van der Waals surface area contributed by atoms with Crippen molar-refractivity contribution in [3.8, 4) is 5.75 Å². The van der Waals surface area contributed by atoms with Gasteiger partial charge < -0.3 is 15.7 Å². The molecule has 2 rings (SSSR count). The lowest BCUT2D eigenvalue weighted by Crippen LogP contribution is -2.13. The van der Waals surface area contributed by atoms with E-state index in [0.29, 0.717) is 24.3 Å². The van der Waals surface area contributed by atoms with E-state index in [9.17, 15) is 20.0 Å². The molecule has 0 saturated heterocycles. The van der Waals surface area contributed by atoms with Crippen molar-refractivity contribution in [1.29, 1.82) is 0 Å². The summed E-state index contributed by atoms with van der Waals surface area (Å²) in [6, 6.07) is 11.4. The van der Waals surface area contributed by atoms with E-state index in [-0.39, 0.29) is 23.8 Å². The third-order valence-electron chi connectivity index (χ3n) is 3.42. The predicted molar refractivity (Wildman–Crippen MR) is 92.3 cm³/mol. The normalized spacial score (nSPS) is 10.2. The molecule has 0 aliphatic carbocycles. The molecule has 7 nitrogen and oxygen atoms in total. The Bertz CT molecular complexity index is 746. The van der Waals surface area contributed by atoms with Crippen LogP contribution in [0.2, 0.25) is 0 Å². The van der Waals surface area contributed by atoms with Gasteiger partial charge in [0.15, 0.2) is 0 Å². The van der Waals surface area contributed by atoms with E-state index in [1.807, 2.05) is 6.92 Å². The highest BCUT2D eigenvalue weighted by atomic mass is 16.6. The molecule has 2 aromatic carbocycles. The number of carbonyl (C=O) groups is 1. The number of aromatic hydroxyl groups is 1. The molecule has 0 radical (unpaired) electrons. The van der Waals surface area contributed by atoms with Crippen LogP contribution in [0.5, 0.6) is 5.75 Å². The Hall–Kier alpha value is -3.09. The van der Waals surface area contributed by atoms with Crippen molar-refractivity contribution >= 4 is 23.0 Å². The van der Waals surface area contributed by atoms with Crippen LogP contribution in [0.4, 0.5) is 17.1 Å². The number of hydrogen-bond acceptors (Lipinski definition) is 5. The minimum atomic E-state index is -0.449. The lowest BCUT2D eigenvalue weighted by molar-refractivity contribution is -0.384. The zero-order valence-corrected chi connectivity index (χ0v) is 13.3. The first-order chi connectivity index (χ1) is 11.5.